The summed E-state index contributed by atoms with van der Waals surface area (Å²) in [6.07, 6.45) is 1.17. The molecule has 1 unspecified atom stereocenters. The van der Waals surface area contributed by atoms with Gasteiger partial charge in [0.1, 0.15) is 0 Å². The summed E-state index contributed by atoms with van der Waals surface area (Å²) in [5, 5.41) is 0. The second-order valence-electron chi connectivity index (χ2n) is 4.22. The molecule has 0 aliphatic carbocycles. The fourth-order valence-corrected chi connectivity index (χ4v) is 3.51. The van der Waals surface area contributed by atoms with Crippen molar-refractivity contribution in [3.8, 4) is 0 Å². The Morgan fingerprint density at radius 3 is 2.50 bits per heavy atom. The van der Waals surface area contributed by atoms with Gasteiger partial charge in [-0.25, -0.2) is 0 Å². The third kappa shape index (κ3) is 3.55. The minimum absolute atomic E-state index is 0.358. The van der Waals surface area contributed by atoms with Gasteiger partial charge in [-0.1, -0.05) is 6.92 Å². The fraction of sp³-hybridized carbons (Fsp3) is 0.667. The summed E-state index contributed by atoms with van der Waals surface area (Å²) in [7, 11) is 0. The largest absolute Gasteiger partial charge is 0.329 e. The van der Waals surface area contributed by atoms with Crippen molar-refractivity contribution in [2.75, 3.05) is 13.1 Å². The van der Waals surface area contributed by atoms with Gasteiger partial charge < -0.3 is 5.73 Å². The summed E-state index contributed by atoms with van der Waals surface area (Å²) in [6, 6.07) is 5.18. The van der Waals surface area contributed by atoms with Crippen LogP contribution in [0.3, 0.4) is 0 Å². The van der Waals surface area contributed by atoms with Gasteiger partial charge >= 0.3 is 0 Å². The first-order valence-electron chi connectivity index (χ1n) is 5.81. The Bertz CT molecular complexity index is 312. The van der Waals surface area contributed by atoms with Crippen molar-refractivity contribution in [2.24, 2.45) is 5.73 Å². The van der Waals surface area contributed by atoms with E-state index in [0.717, 1.165) is 6.54 Å². The highest BCUT2D eigenvalue weighted by Gasteiger charge is 2.22. The Kier molecular flexibility index (Phi) is 5.97. The standard InChI is InChI=1S/C12H21BrN2S/c1-4-7-15(9(2)3)10(8-14)11-5-6-12(13)16-11/h5-6,9-10H,4,7-8,14H2,1-3H3. The average Bonchev–Trinajstić information content (AvgIpc) is 2.64. The van der Waals surface area contributed by atoms with E-state index in [2.05, 4.69) is 53.7 Å². The zero-order valence-corrected chi connectivity index (χ0v) is 12.6. The van der Waals surface area contributed by atoms with E-state index in [4.69, 9.17) is 5.73 Å². The van der Waals surface area contributed by atoms with Gasteiger partial charge in [0.25, 0.3) is 0 Å². The smallest absolute Gasteiger partial charge is 0.0702 e. The van der Waals surface area contributed by atoms with Crippen LogP contribution in [0.1, 0.15) is 38.1 Å². The third-order valence-electron chi connectivity index (χ3n) is 2.69. The number of hydrogen-bond donors (Lipinski definition) is 1. The van der Waals surface area contributed by atoms with Crippen LogP contribution in [0, 0.1) is 0 Å². The summed E-state index contributed by atoms with van der Waals surface area (Å²) >= 11 is 5.30. The molecule has 0 amide bonds. The zero-order valence-electron chi connectivity index (χ0n) is 10.2. The highest BCUT2D eigenvalue weighted by molar-refractivity contribution is 9.11. The van der Waals surface area contributed by atoms with Gasteiger partial charge in [-0.05, 0) is 54.9 Å². The fourth-order valence-electron chi connectivity index (χ4n) is 1.95. The highest BCUT2D eigenvalue weighted by atomic mass is 79.9. The molecule has 1 atom stereocenters. The Morgan fingerprint density at radius 1 is 1.44 bits per heavy atom. The number of halogens is 1. The first-order chi connectivity index (χ1) is 7.60. The van der Waals surface area contributed by atoms with Gasteiger partial charge in [-0.15, -0.1) is 11.3 Å². The lowest BCUT2D eigenvalue weighted by Crippen LogP contribution is -2.38. The van der Waals surface area contributed by atoms with Crippen LogP contribution in [0.5, 0.6) is 0 Å². The van der Waals surface area contributed by atoms with Crippen LogP contribution in [-0.4, -0.2) is 24.0 Å². The van der Waals surface area contributed by atoms with Crippen molar-refractivity contribution in [1.29, 1.82) is 0 Å². The van der Waals surface area contributed by atoms with Crippen LogP contribution in [0.2, 0.25) is 0 Å². The predicted molar refractivity (Wildman–Crippen MR) is 75.9 cm³/mol. The van der Waals surface area contributed by atoms with E-state index < -0.39 is 0 Å². The van der Waals surface area contributed by atoms with Crippen LogP contribution in [0.15, 0.2) is 15.9 Å². The summed E-state index contributed by atoms with van der Waals surface area (Å²) in [5.41, 5.74) is 5.93. The molecule has 1 aromatic rings. The molecule has 0 fully saturated rings. The maximum absolute atomic E-state index is 5.93. The lowest BCUT2D eigenvalue weighted by molar-refractivity contribution is 0.160. The van der Waals surface area contributed by atoms with E-state index >= 15 is 0 Å². The summed E-state index contributed by atoms with van der Waals surface area (Å²) in [6.45, 7) is 8.48. The van der Waals surface area contributed by atoms with Crippen molar-refractivity contribution >= 4 is 27.3 Å². The Balaban J connectivity index is 2.85. The van der Waals surface area contributed by atoms with Gasteiger partial charge in [-0.2, -0.15) is 0 Å². The summed E-state index contributed by atoms with van der Waals surface area (Å²) in [4.78, 5) is 3.84. The van der Waals surface area contributed by atoms with Gasteiger partial charge in [0.15, 0.2) is 0 Å². The molecule has 1 heterocycles. The normalized spacial score (nSPS) is 13.7. The topological polar surface area (TPSA) is 29.3 Å². The van der Waals surface area contributed by atoms with E-state index in [9.17, 15) is 0 Å². The van der Waals surface area contributed by atoms with Gasteiger partial charge in [0, 0.05) is 17.5 Å². The van der Waals surface area contributed by atoms with Gasteiger partial charge in [0.05, 0.1) is 9.83 Å². The maximum Gasteiger partial charge on any atom is 0.0702 e. The Labute approximate surface area is 111 Å². The molecule has 92 valence electrons. The summed E-state index contributed by atoms with van der Waals surface area (Å²) in [5.74, 6) is 0. The van der Waals surface area contributed by atoms with Crippen molar-refractivity contribution in [1.82, 2.24) is 4.90 Å². The molecule has 0 aliphatic rings. The van der Waals surface area contributed by atoms with Crippen LogP contribution in [0.25, 0.3) is 0 Å². The first kappa shape index (κ1) is 14.2. The molecule has 0 bridgehead atoms. The van der Waals surface area contributed by atoms with E-state index in [1.165, 1.54) is 15.1 Å². The predicted octanol–water partition coefficient (Wildman–Crippen LogP) is 3.63. The number of hydrogen-bond acceptors (Lipinski definition) is 3. The monoisotopic (exact) mass is 304 g/mol. The minimum Gasteiger partial charge on any atom is -0.329 e. The van der Waals surface area contributed by atoms with E-state index in [0.29, 0.717) is 18.6 Å². The molecule has 0 radical (unpaired) electrons. The molecule has 2 nitrogen and oxygen atoms in total. The molecule has 2 N–H and O–H groups in total. The molecule has 16 heavy (non-hydrogen) atoms. The molecular weight excluding hydrogens is 284 g/mol. The molecule has 1 aromatic heterocycles. The zero-order chi connectivity index (χ0) is 12.1. The Morgan fingerprint density at radius 2 is 2.12 bits per heavy atom. The van der Waals surface area contributed by atoms with E-state index in [-0.39, 0.29) is 0 Å². The molecule has 0 spiro atoms. The SMILES string of the molecule is CCCN(C(C)C)C(CN)c1ccc(Br)s1. The van der Waals surface area contributed by atoms with Crippen molar-refractivity contribution in [3.05, 3.63) is 20.8 Å². The lowest BCUT2D eigenvalue weighted by atomic mass is 10.1. The van der Waals surface area contributed by atoms with Crippen LogP contribution < -0.4 is 5.73 Å². The minimum atomic E-state index is 0.358. The van der Waals surface area contributed by atoms with Crippen LogP contribution >= 0.6 is 27.3 Å². The molecule has 0 aromatic carbocycles. The second kappa shape index (κ2) is 6.74. The number of thiophene rings is 1. The lowest BCUT2D eigenvalue weighted by Gasteiger charge is -2.33. The molecular formula is C12H21BrN2S. The second-order valence-corrected chi connectivity index (χ2v) is 6.72. The molecule has 0 saturated heterocycles. The van der Waals surface area contributed by atoms with Crippen molar-refractivity contribution < 1.29 is 0 Å². The average molecular weight is 305 g/mol. The highest BCUT2D eigenvalue weighted by Crippen LogP contribution is 2.31. The first-order valence-corrected chi connectivity index (χ1v) is 7.42. The van der Waals surface area contributed by atoms with Gasteiger partial charge in [-0.3, -0.25) is 4.90 Å². The van der Waals surface area contributed by atoms with Crippen LogP contribution in [-0.2, 0) is 0 Å². The van der Waals surface area contributed by atoms with Crippen molar-refractivity contribution in [3.63, 3.8) is 0 Å². The van der Waals surface area contributed by atoms with E-state index in [1.54, 1.807) is 11.3 Å². The van der Waals surface area contributed by atoms with Crippen molar-refractivity contribution in [2.45, 2.75) is 39.3 Å². The molecule has 4 heteroatoms. The van der Waals surface area contributed by atoms with Gasteiger partial charge in [0.2, 0.25) is 0 Å². The molecule has 0 saturated carbocycles. The summed E-state index contributed by atoms with van der Waals surface area (Å²) < 4.78 is 1.18. The maximum atomic E-state index is 5.93. The molecule has 1 rings (SSSR count). The quantitative estimate of drug-likeness (QED) is 0.869. The van der Waals surface area contributed by atoms with Crippen LogP contribution in [0.4, 0.5) is 0 Å². The number of nitrogens with two attached hydrogens (primary N) is 1. The number of nitrogens with zero attached hydrogens (tertiary/aromatic N) is 1. The number of rotatable bonds is 6. The Hall–Kier alpha value is 0.1000. The third-order valence-corrected chi connectivity index (χ3v) is 4.42. The van der Waals surface area contributed by atoms with E-state index in [1.807, 2.05) is 0 Å². The molecule has 0 aliphatic heterocycles.